The first kappa shape index (κ1) is 15.7. The van der Waals surface area contributed by atoms with Crippen molar-refractivity contribution in [2.75, 3.05) is 30.9 Å². The highest BCUT2D eigenvalue weighted by atomic mass is 32.2. The normalized spacial score (nSPS) is 20.6. The van der Waals surface area contributed by atoms with Gasteiger partial charge in [0.1, 0.15) is 0 Å². The second kappa shape index (κ2) is 5.98. The summed E-state index contributed by atoms with van der Waals surface area (Å²) in [4.78, 5) is 12.4. The molecule has 0 radical (unpaired) electrons. The molecule has 0 bridgehead atoms. The van der Waals surface area contributed by atoms with E-state index in [1.165, 1.54) is 12.1 Å². The number of rotatable bonds is 5. The number of hydrogen-bond donors (Lipinski definition) is 1. The van der Waals surface area contributed by atoms with E-state index in [0.717, 1.165) is 11.3 Å². The summed E-state index contributed by atoms with van der Waals surface area (Å²) < 4.78 is 23.1. The van der Waals surface area contributed by atoms with Gasteiger partial charge in [-0.25, -0.2) is 8.42 Å². The van der Waals surface area contributed by atoms with E-state index < -0.39 is 14.8 Å². The van der Waals surface area contributed by atoms with Crippen LogP contribution >= 0.6 is 0 Å². The minimum atomic E-state index is -2.94. The topological polar surface area (TPSA) is 92.6 Å². The van der Waals surface area contributed by atoms with Crippen molar-refractivity contribution in [1.29, 1.82) is 0 Å². The molecule has 1 aromatic carbocycles. The Hall–Kier alpha value is -1.67. The molecule has 0 amide bonds. The Morgan fingerprint density at radius 1 is 1.48 bits per heavy atom. The predicted octanol–water partition coefficient (Wildman–Crippen LogP) is 1.26. The number of nitrogens with one attached hydrogen (secondary N) is 1. The maximum absolute atomic E-state index is 11.5. The van der Waals surface area contributed by atoms with Gasteiger partial charge in [0, 0.05) is 37.5 Å². The fourth-order valence-corrected chi connectivity index (χ4v) is 4.39. The Morgan fingerprint density at radius 3 is 2.71 bits per heavy atom. The molecule has 2 rings (SSSR count). The standard InChI is InChI=1S/C13H19N3O4S/c1-14-13-4-3-11(16(17)18)7-10(13)8-15(2)12-5-6-21(19,20)9-12/h3-4,7,12,14H,5-6,8-9H2,1-2H3. The van der Waals surface area contributed by atoms with Gasteiger partial charge < -0.3 is 5.32 Å². The molecule has 1 N–H and O–H groups in total. The van der Waals surface area contributed by atoms with Crippen LogP contribution in [0.3, 0.4) is 0 Å². The fraction of sp³-hybridized carbons (Fsp3) is 0.538. The Balaban J connectivity index is 2.18. The molecule has 0 spiro atoms. The summed E-state index contributed by atoms with van der Waals surface area (Å²) in [6.07, 6.45) is 0.614. The summed E-state index contributed by atoms with van der Waals surface area (Å²) in [6, 6.07) is 4.63. The lowest BCUT2D eigenvalue weighted by Gasteiger charge is -2.24. The van der Waals surface area contributed by atoms with E-state index >= 15 is 0 Å². The van der Waals surface area contributed by atoms with Gasteiger partial charge >= 0.3 is 0 Å². The maximum atomic E-state index is 11.5. The van der Waals surface area contributed by atoms with Crippen molar-refractivity contribution in [3.05, 3.63) is 33.9 Å². The molecule has 116 valence electrons. The van der Waals surface area contributed by atoms with Crippen molar-refractivity contribution in [1.82, 2.24) is 4.90 Å². The molecule has 0 aliphatic carbocycles. The van der Waals surface area contributed by atoms with E-state index in [1.54, 1.807) is 13.1 Å². The molecular formula is C13H19N3O4S. The average molecular weight is 313 g/mol. The van der Waals surface area contributed by atoms with E-state index in [4.69, 9.17) is 0 Å². The van der Waals surface area contributed by atoms with Gasteiger partial charge in [-0.1, -0.05) is 0 Å². The quantitative estimate of drug-likeness (QED) is 0.650. The molecule has 1 aliphatic rings. The zero-order valence-corrected chi connectivity index (χ0v) is 12.9. The van der Waals surface area contributed by atoms with Crippen LogP contribution < -0.4 is 5.32 Å². The molecule has 1 saturated heterocycles. The Morgan fingerprint density at radius 2 is 2.19 bits per heavy atom. The molecule has 0 saturated carbocycles. The zero-order chi connectivity index (χ0) is 15.6. The van der Waals surface area contributed by atoms with Crippen molar-refractivity contribution >= 4 is 21.2 Å². The van der Waals surface area contributed by atoms with E-state index in [1.807, 2.05) is 11.9 Å². The molecule has 1 fully saturated rings. The smallest absolute Gasteiger partial charge is 0.269 e. The third-order valence-corrected chi connectivity index (χ3v) is 5.57. The Bertz CT molecular complexity index is 645. The number of hydrogen-bond acceptors (Lipinski definition) is 6. The first-order valence-corrected chi connectivity index (χ1v) is 8.50. The zero-order valence-electron chi connectivity index (χ0n) is 12.1. The van der Waals surface area contributed by atoms with Crippen molar-refractivity contribution < 1.29 is 13.3 Å². The third-order valence-electron chi connectivity index (χ3n) is 3.82. The first-order valence-electron chi connectivity index (χ1n) is 6.68. The van der Waals surface area contributed by atoms with E-state index in [9.17, 15) is 18.5 Å². The molecule has 1 atom stereocenters. The van der Waals surface area contributed by atoms with Gasteiger partial charge in [0.25, 0.3) is 5.69 Å². The van der Waals surface area contributed by atoms with Crippen LogP contribution in [-0.4, -0.2) is 49.9 Å². The summed E-state index contributed by atoms with van der Waals surface area (Å²) in [7, 11) is 0.670. The molecule has 1 aromatic rings. The van der Waals surface area contributed by atoms with Gasteiger partial charge in [-0.3, -0.25) is 15.0 Å². The first-order chi connectivity index (χ1) is 9.82. The number of sulfone groups is 1. The summed E-state index contributed by atoms with van der Waals surface area (Å²) in [6.45, 7) is 0.470. The second-order valence-corrected chi connectivity index (χ2v) is 7.55. The fourth-order valence-electron chi connectivity index (χ4n) is 2.59. The molecule has 1 heterocycles. The van der Waals surface area contributed by atoms with Crippen LogP contribution in [0.1, 0.15) is 12.0 Å². The minimum absolute atomic E-state index is 0.0287. The number of nitro benzene ring substituents is 1. The molecule has 7 nitrogen and oxygen atoms in total. The molecule has 1 aliphatic heterocycles. The minimum Gasteiger partial charge on any atom is -0.388 e. The monoisotopic (exact) mass is 313 g/mol. The van der Waals surface area contributed by atoms with Crippen LogP contribution in [0, 0.1) is 10.1 Å². The highest BCUT2D eigenvalue weighted by molar-refractivity contribution is 7.91. The van der Waals surface area contributed by atoms with Gasteiger partial charge in [0.05, 0.1) is 16.4 Å². The van der Waals surface area contributed by atoms with Crippen LogP contribution in [-0.2, 0) is 16.4 Å². The van der Waals surface area contributed by atoms with Crippen LogP contribution in [0.25, 0.3) is 0 Å². The van der Waals surface area contributed by atoms with Gasteiger partial charge in [-0.05, 0) is 25.1 Å². The predicted molar refractivity (Wildman–Crippen MR) is 81.2 cm³/mol. The van der Waals surface area contributed by atoms with Crippen LogP contribution in [0.2, 0.25) is 0 Å². The van der Waals surface area contributed by atoms with Crippen LogP contribution in [0.15, 0.2) is 18.2 Å². The van der Waals surface area contributed by atoms with E-state index in [-0.39, 0.29) is 23.2 Å². The molecule has 21 heavy (non-hydrogen) atoms. The Labute approximate surface area is 124 Å². The van der Waals surface area contributed by atoms with Crippen molar-refractivity contribution in [3.8, 4) is 0 Å². The number of benzene rings is 1. The van der Waals surface area contributed by atoms with E-state index in [2.05, 4.69) is 5.32 Å². The van der Waals surface area contributed by atoms with Gasteiger partial charge in [-0.15, -0.1) is 0 Å². The lowest BCUT2D eigenvalue weighted by molar-refractivity contribution is -0.384. The number of nitro groups is 1. The van der Waals surface area contributed by atoms with Crippen LogP contribution in [0.4, 0.5) is 11.4 Å². The van der Waals surface area contributed by atoms with Crippen molar-refractivity contribution in [2.45, 2.75) is 19.0 Å². The molecule has 1 unspecified atom stereocenters. The van der Waals surface area contributed by atoms with Crippen molar-refractivity contribution in [3.63, 3.8) is 0 Å². The summed E-state index contributed by atoms with van der Waals surface area (Å²) in [5, 5.41) is 13.9. The second-order valence-electron chi connectivity index (χ2n) is 5.32. The number of anilines is 1. The molecule has 0 aromatic heterocycles. The number of non-ortho nitro benzene ring substituents is 1. The van der Waals surface area contributed by atoms with Gasteiger partial charge in [0.15, 0.2) is 9.84 Å². The van der Waals surface area contributed by atoms with Crippen LogP contribution in [0.5, 0.6) is 0 Å². The number of nitrogens with zero attached hydrogens (tertiary/aromatic N) is 2. The largest absolute Gasteiger partial charge is 0.388 e. The lowest BCUT2D eigenvalue weighted by Crippen LogP contribution is -2.32. The average Bonchev–Trinajstić information content (AvgIpc) is 2.79. The third kappa shape index (κ3) is 3.70. The van der Waals surface area contributed by atoms with Gasteiger partial charge in [0.2, 0.25) is 0 Å². The highest BCUT2D eigenvalue weighted by Crippen LogP contribution is 2.25. The maximum Gasteiger partial charge on any atom is 0.269 e. The Kier molecular flexibility index (Phi) is 4.48. The lowest BCUT2D eigenvalue weighted by atomic mass is 10.1. The van der Waals surface area contributed by atoms with Gasteiger partial charge in [-0.2, -0.15) is 0 Å². The molecule has 8 heteroatoms. The summed E-state index contributed by atoms with van der Waals surface area (Å²) >= 11 is 0. The summed E-state index contributed by atoms with van der Waals surface area (Å²) in [5.41, 5.74) is 1.64. The SMILES string of the molecule is CNc1ccc([N+](=O)[O-])cc1CN(C)C1CCS(=O)(=O)C1. The van der Waals surface area contributed by atoms with Crippen molar-refractivity contribution in [2.24, 2.45) is 0 Å². The summed E-state index contributed by atoms with van der Waals surface area (Å²) in [5.74, 6) is 0.378. The molecular weight excluding hydrogens is 294 g/mol. The highest BCUT2D eigenvalue weighted by Gasteiger charge is 2.30. The van der Waals surface area contributed by atoms with E-state index in [0.29, 0.717) is 13.0 Å².